The summed E-state index contributed by atoms with van der Waals surface area (Å²) < 4.78 is 16.5. The van der Waals surface area contributed by atoms with Crippen molar-refractivity contribution in [3.05, 3.63) is 78.5 Å². The Morgan fingerprint density at radius 3 is 2.77 bits per heavy atom. The summed E-state index contributed by atoms with van der Waals surface area (Å²) in [5, 5.41) is 11.1. The largest absolute Gasteiger partial charge is 0.341 e. The van der Waals surface area contributed by atoms with Crippen LogP contribution in [0.2, 0.25) is 0 Å². The van der Waals surface area contributed by atoms with Crippen molar-refractivity contribution in [2.75, 3.05) is 0 Å². The van der Waals surface area contributed by atoms with Crippen LogP contribution in [0, 0.1) is 5.82 Å². The van der Waals surface area contributed by atoms with Crippen LogP contribution in [-0.2, 0) is 0 Å². The molecule has 0 aliphatic heterocycles. The van der Waals surface area contributed by atoms with Crippen molar-refractivity contribution in [1.82, 2.24) is 29.5 Å². The van der Waals surface area contributed by atoms with Crippen molar-refractivity contribution >= 4 is 11.6 Å². The van der Waals surface area contributed by atoms with Crippen molar-refractivity contribution in [3.63, 3.8) is 0 Å². The molecular weight excluding hydrogens is 335 g/mol. The van der Waals surface area contributed by atoms with Gasteiger partial charge in [-0.3, -0.25) is 13.8 Å². The first kappa shape index (κ1) is 15.9. The summed E-state index contributed by atoms with van der Waals surface area (Å²) in [4.78, 5) is 16.7. The molecule has 4 rings (SSSR count). The van der Waals surface area contributed by atoms with Crippen molar-refractivity contribution < 1.29 is 9.18 Å². The molecule has 0 aliphatic rings. The molecule has 3 heterocycles. The van der Waals surface area contributed by atoms with Crippen LogP contribution in [0.4, 0.5) is 4.39 Å². The minimum atomic E-state index is -0.364. The van der Waals surface area contributed by atoms with Crippen LogP contribution >= 0.6 is 0 Å². The van der Waals surface area contributed by atoms with Crippen LogP contribution in [-0.4, -0.2) is 30.1 Å². The third-order valence-electron chi connectivity index (χ3n) is 4.05. The van der Waals surface area contributed by atoms with E-state index in [-0.39, 0.29) is 17.8 Å². The fourth-order valence-electron chi connectivity index (χ4n) is 2.76. The third kappa shape index (κ3) is 2.81. The van der Waals surface area contributed by atoms with Crippen molar-refractivity contribution in [2.45, 2.75) is 13.0 Å². The van der Waals surface area contributed by atoms with Gasteiger partial charge in [-0.05, 0) is 43.3 Å². The van der Waals surface area contributed by atoms with E-state index in [9.17, 15) is 9.18 Å². The first-order valence-corrected chi connectivity index (χ1v) is 8.02. The molecule has 1 aromatic carbocycles. The highest BCUT2D eigenvalue weighted by molar-refractivity contribution is 5.93. The molecule has 1 atom stereocenters. The second kappa shape index (κ2) is 6.40. The minimum Gasteiger partial charge on any atom is -0.341 e. The van der Waals surface area contributed by atoms with E-state index in [1.165, 1.54) is 24.7 Å². The van der Waals surface area contributed by atoms with Gasteiger partial charge in [-0.25, -0.2) is 9.37 Å². The zero-order valence-electron chi connectivity index (χ0n) is 13.9. The van der Waals surface area contributed by atoms with E-state index in [0.717, 1.165) is 0 Å². The number of aromatic nitrogens is 5. The van der Waals surface area contributed by atoms with Gasteiger partial charge in [-0.1, -0.05) is 6.07 Å². The van der Waals surface area contributed by atoms with Crippen LogP contribution in [0.15, 0.2) is 61.2 Å². The molecule has 8 heteroatoms. The van der Waals surface area contributed by atoms with Crippen molar-refractivity contribution in [1.29, 1.82) is 0 Å². The fourth-order valence-corrected chi connectivity index (χ4v) is 2.76. The number of carbonyl (C=O) groups is 1. The number of hydrogen-bond acceptors (Lipinski definition) is 4. The summed E-state index contributed by atoms with van der Waals surface area (Å²) in [6.07, 6.45) is 4.82. The fraction of sp³-hybridized carbons (Fsp3) is 0.111. The molecule has 0 aliphatic carbocycles. The van der Waals surface area contributed by atoms with E-state index in [0.29, 0.717) is 22.9 Å². The van der Waals surface area contributed by atoms with Gasteiger partial charge >= 0.3 is 0 Å². The van der Waals surface area contributed by atoms with Gasteiger partial charge in [0.1, 0.15) is 11.5 Å². The van der Waals surface area contributed by atoms with E-state index in [4.69, 9.17) is 0 Å². The van der Waals surface area contributed by atoms with Crippen LogP contribution < -0.4 is 5.32 Å². The monoisotopic (exact) mass is 350 g/mol. The molecule has 0 saturated carbocycles. The molecule has 0 spiro atoms. The van der Waals surface area contributed by atoms with E-state index < -0.39 is 0 Å². The number of pyridine rings is 1. The SMILES string of the molecule is C[C@@H](NC(=O)c1cncn1-c1ccc(F)cc1)c1nnc2ccccn12. The second-order valence-corrected chi connectivity index (χ2v) is 5.81. The van der Waals surface area contributed by atoms with Gasteiger partial charge in [0, 0.05) is 11.9 Å². The summed E-state index contributed by atoms with van der Waals surface area (Å²) in [5.41, 5.74) is 1.70. The Hall–Kier alpha value is -3.55. The van der Waals surface area contributed by atoms with E-state index in [1.54, 1.807) is 16.7 Å². The molecule has 130 valence electrons. The number of fused-ring (bicyclic) bond motifs is 1. The Morgan fingerprint density at radius 1 is 1.15 bits per heavy atom. The lowest BCUT2D eigenvalue weighted by atomic mass is 10.2. The molecule has 4 aromatic rings. The Bertz CT molecular complexity index is 1070. The standard InChI is InChI=1S/C18H15FN6O/c1-12(17-23-22-16-4-2-3-9-24(16)17)21-18(26)15-10-20-11-25(15)14-7-5-13(19)6-8-14/h2-12H,1H3,(H,21,26)/t12-/m1/s1. The Kier molecular flexibility index (Phi) is 3.92. The highest BCUT2D eigenvalue weighted by Crippen LogP contribution is 2.15. The van der Waals surface area contributed by atoms with Gasteiger partial charge in [0.2, 0.25) is 0 Å². The zero-order chi connectivity index (χ0) is 18.1. The predicted octanol–water partition coefficient (Wildman–Crippen LogP) is 2.55. The maximum absolute atomic E-state index is 13.1. The number of nitrogens with one attached hydrogen (secondary N) is 1. The zero-order valence-corrected chi connectivity index (χ0v) is 13.9. The van der Waals surface area contributed by atoms with E-state index >= 15 is 0 Å². The number of halogens is 1. The van der Waals surface area contributed by atoms with Crippen LogP contribution in [0.3, 0.4) is 0 Å². The molecule has 3 aromatic heterocycles. The van der Waals surface area contributed by atoms with Gasteiger partial charge in [0.15, 0.2) is 11.5 Å². The summed E-state index contributed by atoms with van der Waals surface area (Å²) in [5.74, 6) is -0.0269. The Labute approximate surface area is 148 Å². The summed E-state index contributed by atoms with van der Waals surface area (Å²) in [7, 11) is 0. The quantitative estimate of drug-likeness (QED) is 0.614. The average molecular weight is 350 g/mol. The number of rotatable bonds is 4. The number of benzene rings is 1. The highest BCUT2D eigenvalue weighted by atomic mass is 19.1. The van der Waals surface area contributed by atoms with Gasteiger partial charge < -0.3 is 5.32 Å². The normalized spacial score (nSPS) is 12.2. The molecule has 0 unspecified atom stereocenters. The summed E-state index contributed by atoms with van der Waals surface area (Å²) in [6, 6.07) is 11.1. The molecule has 0 saturated heterocycles. The molecule has 0 bridgehead atoms. The lowest BCUT2D eigenvalue weighted by Gasteiger charge is -2.13. The Morgan fingerprint density at radius 2 is 1.96 bits per heavy atom. The smallest absolute Gasteiger partial charge is 0.270 e. The number of amides is 1. The molecule has 0 fully saturated rings. The first-order valence-electron chi connectivity index (χ1n) is 8.02. The predicted molar refractivity (Wildman–Crippen MR) is 92.4 cm³/mol. The van der Waals surface area contributed by atoms with Gasteiger partial charge in [-0.2, -0.15) is 0 Å². The van der Waals surface area contributed by atoms with Gasteiger partial charge in [0.25, 0.3) is 5.91 Å². The molecular formula is C18H15FN6O. The summed E-state index contributed by atoms with van der Waals surface area (Å²) in [6.45, 7) is 1.83. The number of nitrogens with zero attached hydrogens (tertiary/aromatic N) is 5. The molecule has 7 nitrogen and oxygen atoms in total. The first-order chi connectivity index (χ1) is 12.6. The average Bonchev–Trinajstić information content (AvgIpc) is 3.29. The number of carbonyl (C=O) groups excluding carboxylic acids is 1. The highest BCUT2D eigenvalue weighted by Gasteiger charge is 2.19. The van der Waals surface area contributed by atoms with E-state index in [1.807, 2.05) is 35.7 Å². The maximum atomic E-state index is 13.1. The van der Waals surface area contributed by atoms with Crippen molar-refractivity contribution in [2.24, 2.45) is 0 Å². The lowest BCUT2D eigenvalue weighted by Crippen LogP contribution is -2.29. The molecule has 1 N–H and O–H groups in total. The second-order valence-electron chi connectivity index (χ2n) is 5.81. The lowest BCUT2D eigenvalue weighted by molar-refractivity contribution is 0.0931. The Balaban J connectivity index is 1.59. The number of hydrogen-bond donors (Lipinski definition) is 1. The van der Waals surface area contributed by atoms with Crippen molar-refractivity contribution in [3.8, 4) is 5.69 Å². The summed E-state index contributed by atoms with van der Waals surface area (Å²) >= 11 is 0. The van der Waals surface area contributed by atoms with Gasteiger partial charge in [0.05, 0.1) is 18.6 Å². The third-order valence-corrected chi connectivity index (χ3v) is 4.05. The topological polar surface area (TPSA) is 77.1 Å². The van der Waals surface area contributed by atoms with Crippen LogP contribution in [0.25, 0.3) is 11.3 Å². The number of imidazole rings is 1. The van der Waals surface area contributed by atoms with Gasteiger partial charge in [-0.15, -0.1) is 10.2 Å². The maximum Gasteiger partial charge on any atom is 0.270 e. The van der Waals surface area contributed by atoms with Crippen LogP contribution in [0.1, 0.15) is 29.3 Å². The molecule has 0 radical (unpaired) electrons. The van der Waals surface area contributed by atoms with Crippen LogP contribution in [0.5, 0.6) is 0 Å². The molecule has 1 amide bonds. The minimum absolute atomic E-state index is 0.313. The molecule has 26 heavy (non-hydrogen) atoms. The van der Waals surface area contributed by atoms with E-state index in [2.05, 4.69) is 20.5 Å².